The molecule has 8 nitrogen and oxygen atoms in total. The van der Waals surface area contributed by atoms with Crippen LogP contribution in [0.4, 0.5) is 0 Å². The lowest BCUT2D eigenvalue weighted by Gasteiger charge is -2.02. The first kappa shape index (κ1) is 8.97. The van der Waals surface area contributed by atoms with Crippen molar-refractivity contribution in [3.63, 3.8) is 0 Å². The second kappa shape index (κ2) is 3.52. The smallest absolute Gasteiger partial charge is 0.411 e. The molecule has 0 aliphatic carbocycles. The van der Waals surface area contributed by atoms with Crippen LogP contribution in [-0.4, -0.2) is 10.0 Å². The van der Waals surface area contributed by atoms with Gasteiger partial charge in [-0.3, -0.25) is 10.1 Å². The monoisotopic (exact) mass is 188 g/mol. The molecule has 1 aromatic heterocycles. The minimum Gasteiger partial charge on any atom is -0.460 e. The molecule has 0 saturated carbocycles. The van der Waals surface area contributed by atoms with E-state index in [0.29, 0.717) is 0 Å². The predicted molar refractivity (Wildman–Crippen MR) is 36.5 cm³/mol. The molecule has 1 heterocycles. The third-order valence-corrected chi connectivity index (χ3v) is 1.16. The maximum Gasteiger partial charge on any atom is 0.411 e. The van der Waals surface area contributed by atoms with E-state index in [4.69, 9.17) is 0 Å². The van der Waals surface area contributed by atoms with Gasteiger partial charge in [0.25, 0.3) is 0 Å². The third-order valence-electron chi connectivity index (χ3n) is 1.16. The average Bonchev–Trinajstić information content (AvgIpc) is 2.50. The average molecular weight is 188 g/mol. The summed E-state index contributed by atoms with van der Waals surface area (Å²) in [4.78, 5) is 22.9. The Hall–Kier alpha value is -2.12. The van der Waals surface area contributed by atoms with E-state index in [1.165, 1.54) is 12.1 Å². The molecule has 13 heavy (non-hydrogen) atoms. The Labute approximate surface area is 71.0 Å². The van der Waals surface area contributed by atoms with Crippen LogP contribution in [0.15, 0.2) is 22.8 Å². The molecule has 0 amide bonds. The largest absolute Gasteiger partial charge is 0.460 e. The molecule has 0 spiro atoms. The van der Waals surface area contributed by atoms with E-state index in [9.17, 15) is 20.2 Å². The number of hydrogen-bond donors (Lipinski definition) is 0. The second-order valence-electron chi connectivity index (χ2n) is 1.98. The van der Waals surface area contributed by atoms with Crippen molar-refractivity contribution in [1.29, 1.82) is 0 Å². The van der Waals surface area contributed by atoms with Gasteiger partial charge < -0.3 is 4.42 Å². The molecule has 1 atom stereocenters. The minimum atomic E-state index is -1.90. The predicted octanol–water partition coefficient (Wildman–Crippen LogP) is 0.763. The molecule has 0 aliphatic rings. The number of rotatable bonds is 4. The van der Waals surface area contributed by atoms with Crippen LogP contribution in [0.25, 0.3) is 0 Å². The van der Waals surface area contributed by atoms with Crippen molar-refractivity contribution < 1.29 is 19.3 Å². The lowest BCUT2D eigenvalue weighted by Crippen LogP contribution is -2.17. The standard InChI is InChI=1S/C5H4N2O6/c8-6(9)5(13-7(10)11)4-2-1-3-12-4/h1-3,5H. The Morgan fingerprint density at radius 2 is 2.15 bits per heavy atom. The topological polar surface area (TPSA) is 109 Å². The zero-order chi connectivity index (χ0) is 9.84. The summed E-state index contributed by atoms with van der Waals surface area (Å²) in [7, 11) is 0. The summed E-state index contributed by atoms with van der Waals surface area (Å²) in [5, 5.41) is 18.9. The summed E-state index contributed by atoms with van der Waals surface area (Å²) in [6.45, 7) is 0. The summed E-state index contributed by atoms with van der Waals surface area (Å²) >= 11 is 0. The van der Waals surface area contributed by atoms with E-state index in [0.717, 1.165) is 6.26 Å². The van der Waals surface area contributed by atoms with Crippen molar-refractivity contribution in [3.05, 3.63) is 44.4 Å². The number of nitro groups is 1. The van der Waals surface area contributed by atoms with E-state index in [2.05, 4.69) is 9.25 Å². The highest BCUT2D eigenvalue weighted by Crippen LogP contribution is 2.17. The second-order valence-corrected chi connectivity index (χ2v) is 1.98. The molecule has 1 unspecified atom stereocenters. The molecule has 8 heteroatoms. The van der Waals surface area contributed by atoms with Crippen LogP contribution >= 0.6 is 0 Å². The van der Waals surface area contributed by atoms with Crippen LogP contribution in [-0.2, 0) is 4.84 Å². The maximum absolute atomic E-state index is 10.2. The molecule has 0 aromatic carbocycles. The van der Waals surface area contributed by atoms with Crippen LogP contribution in [0.2, 0.25) is 0 Å². The highest BCUT2D eigenvalue weighted by Gasteiger charge is 2.29. The van der Waals surface area contributed by atoms with Crippen molar-refractivity contribution in [1.82, 2.24) is 0 Å². The molecule has 0 radical (unpaired) electrons. The zero-order valence-electron chi connectivity index (χ0n) is 6.15. The van der Waals surface area contributed by atoms with E-state index in [1.54, 1.807) is 0 Å². The zero-order valence-corrected chi connectivity index (χ0v) is 6.15. The quantitative estimate of drug-likeness (QED) is 0.392. The van der Waals surface area contributed by atoms with Crippen molar-refractivity contribution in [2.75, 3.05) is 0 Å². The first-order valence-corrected chi connectivity index (χ1v) is 3.09. The van der Waals surface area contributed by atoms with Gasteiger partial charge in [-0.05, 0) is 12.1 Å². The van der Waals surface area contributed by atoms with Gasteiger partial charge in [0.1, 0.15) is 0 Å². The first-order valence-electron chi connectivity index (χ1n) is 3.09. The van der Waals surface area contributed by atoms with Gasteiger partial charge in [-0.1, -0.05) is 0 Å². The molecule has 0 saturated heterocycles. The van der Waals surface area contributed by atoms with Gasteiger partial charge >= 0.3 is 11.3 Å². The van der Waals surface area contributed by atoms with Crippen LogP contribution in [0.3, 0.4) is 0 Å². The van der Waals surface area contributed by atoms with Gasteiger partial charge in [-0.2, -0.15) is 0 Å². The first-order chi connectivity index (χ1) is 6.11. The summed E-state index contributed by atoms with van der Waals surface area (Å²) in [6, 6.07) is 2.59. The summed E-state index contributed by atoms with van der Waals surface area (Å²) < 4.78 is 4.59. The van der Waals surface area contributed by atoms with Crippen LogP contribution in [0, 0.1) is 20.2 Å². The molecule has 1 rings (SSSR count). The molecule has 0 aliphatic heterocycles. The van der Waals surface area contributed by atoms with Gasteiger partial charge in [-0.15, -0.1) is 10.1 Å². The van der Waals surface area contributed by atoms with Gasteiger partial charge in [-0.25, -0.2) is 4.84 Å². The van der Waals surface area contributed by atoms with Gasteiger partial charge in [0.05, 0.1) is 11.2 Å². The fourth-order valence-electron chi connectivity index (χ4n) is 0.708. The number of nitrogens with zero attached hydrogens (tertiary/aromatic N) is 2. The van der Waals surface area contributed by atoms with Gasteiger partial charge in [0, 0.05) is 0 Å². The van der Waals surface area contributed by atoms with Gasteiger partial charge in [0.2, 0.25) is 5.76 Å². The Bertz CT molecular complexity index is 307. The summed E-state index contributed by atoms with van der Waals surface area (Å²) in [6.07, 6.45) is -0.736. The lowest BCUT2D eigenvalue weighted by molar-refractivity contribution is -0.832. The highest BCUT2D eigenvalue weighted by molar-refractivity contribution is 4.98. The Balaban J connectivity index is 2.81. The van der Waals surface area contributed by atoms with E-state index < -0.39 is 16.2 Å². The van der Waals surface area contributed by atoms with E-state index >= 15 is 0 Å². The molecular weight excluding hydrogens is 184 g/mol. The minimum absolute atomic E-state index is 0.221. The van der Waals surface area contributed by atoms with Crippen LogP contribution < -0.4 is 0 Å². The van der Waals surface area contributed by atoms with Crippen molar-refractivity contribution in [2.45, 2.75) is 6.23 Å². The fourth-order valence-corrected chi connectivity index (χ4v) is 0.708. The Kier molecular flexibility index (Phi) is 2.43. The third kappa shape index (κ3) is 2.15. The Morgan fingerprint density at radius 1 is 1.46 bits per heavy atom. The van der Waals surface area contributed by atoms with Gasteiger partial charge in [0.15, 0.2) is 0 Å². The maximum atomic E-state index is 10.2. The molecular formula is C5H4N2O6. The van der Waals surface area contributed by atoms with E-state index in [-0.39, 0.29) is 5.76 Å². The summed E-state index contributed by atoms with van der Waals surface area (Å²) in [5.41, 5.74) is 0. The fraction of sp³-hybridized carbons (Fsp3) is 0.200. The van der Waals surface area contributed by atoms with Crippen molar-refractivity contribution in [3.8, 4) is 0 Å². The van der Waals surface area contributed by atoms with Crippen molar-refractivity contribution in [2.24, 2.45) is 0 Å². The number of furan rings is 1. The molecule has 0 N–H and O–H groups in total. The molecule has 1 aromatic rings. The molecule has 70 valence electrons. The normalized spacial score (nSPS) is 12.0. The molecule has 0 bridgehead atoms. The Morgan fingerprint density at radius 3 is 2.54 bits per heavy atom. The van der Waals surface area contributed by atoms with E-state index in [1.807, 2.05) is 0 Å². The highest BCUT2D eigenvalue weighted by atomic mass is 17.0. The van der Waals surface area contributed by atoms with Crippen molar-refractivity contribution >= 4 is 0 Å². The SMILES string of the molecule is O=[N+]([O-])OC(c1ccco1)[N+](=O)[O-]. The lowest BCUT2D eigenvalue weighted by atomic mass is 10.4. The van der Waals surface area contributed by atoms with Crippen LogP contribution in [0.1, 0.15) is 12.0 Å². The number of hydrogen-bond acceptors (Lipinski definition) is 6. The van der Waals surface area contributed by atoms with Crippen LogP contribution in [0.5, 0.6) is 0 Å². The molecule has 0 fully saturated rings. The summed E-state index contributed by atoms with van der Waals surface area (Å²) in [5.74, 6) is -0.221.